The first-order valence-electron chi connectivity index (χ1n) is 15.4. The third-order valence-electron chi connectivity index (χ3n) is 8.43. The Labute approximate surface area is 268 Å². The number of amides is 2. The summed E-state index contributed by atoms with van der Waals surface area (Å²) in [5.41, 5.74) is 2.27. The summed E-state index contributed by atoms with van der Waals surface area (Å²) < 4.78 is 26.0. The molecule has 13 heteroatoms. The van der Waals surface area contributed by atoms with Crippen molar-refractivity contribution in [2.75, 3.05) is 88.9 Å². The molecule has 2 aromatic carbocycles. The van der Waals surface area contributed by atoms with E-state index in [0.29, 0.717) is 67.6 Å². The molecular formula is C32H41FN6O5S. The topological polar surface area (TPSA) is 97.9 Å². The number of rotatable bonds is 10. The summed E-state index contributed by atoms with van der Waals surface area (Å²) in [4.78, 5) is 48.2. The van der Waals surface area contributed by atoms with Gasteiger partial charge in [0.2, 0.25) is 0 Å². The van der Waals surface area contributed by atoms with Gasteiger partial charge in [0.25, 0.3) is 5.91 Å². The van der Waals surface area contributed by atoms with Crippen molar-refractivity contribution in [3.8, 4) is 0 Å². The molecule has 2 amide bonds. The number of hydrogen-bond acceptors (Lipinski definition) is 9. The first-order chi connectivity index (χ1) is 21.7. The Morgan fingerprint density at radius 3 is 2.51 bits per heavy atom. The molecule has 0 bridgehead atoms. The number of likely N-dealkylation sites (N-methyl/N-ethyl adjacent to an activating group) is 1. The van der Waals surface area contributed by atoms with Gasteiger partial charge in [0.1, 0.15) is 11.9 Å². The van der Waals surface area contributed by atoms with Gasteiger partial charge >= 0.3 is 12.1 Å². The highest BCUT2D eigenvalue weighted by Gasteiger charge is 2.33. The summed E-state index contributed by atoms with van der Waals surface area (Å²) >= 11 is 5.16. The third kappa shape index (κ3) is 8.47. The van der Waals surface area contributed by atoms with Gasteiger partial charge in [-0.05, 0) is 49.4 Å². The van der Waals surface area contributed by atoms with Crippen LogP contribution < -0.4 is 15.1 Å². The molecule has 0 spiro atoms. The lowest BCUT2D eigenvalue weighted by molar-refractivity contribution is -0.134. The van der Waals surface area contributed by atoms with Gasteiger partial charge in [-0.2, -0.15) is 0 Å². The lowest BCUT2D eigenvalue weighted by atomic mass is 10.1. The summed E-state index contributed by atoms with van der Waals surface area (Å²) in [6.07, 6.45) is -0.204. The molecule has 3 aliphatic rings. The SMILES string of the molecule is CCC(=S)NC[C@H]1CN(c2ccc(N3CCN(C(=O)COC(=O)c4cccc(CN5CCN(C)CC5)c4)CC3)c(F)c2)C(=O)O1. The Bertz CT molecular complexity index is 1400. The van der Waals surface area contributed by atoms with Gasteiger partial charge in [0.15, 0.2) is 6.61 Å². The quantitative estimate of drug-likeness (QED) is 0.309. The molecule has 0 aromatic heterocycles. The molecule has 0 saturated carbocycles. The second kappa shape index (κ2) is 15.0. The normalized spacial score (nSPS) is 19.4. The van der Waals surface area contributed by atoms with Crippen LogP contribution in [0.15, 0.2) is 42.5 Å². The lowest BCUT2D eigenvalue weighted by Gasteiger charge is -2.36. The fourth-order valence-corrected chi connectivity index (χ4v) is 5.75. The van der Waals surface area contributed by atoms with Crippen molar-refractivity contribution in [2.24, 2.45) is 0 Å². The second-order valence-electron chi connectivity index (χ2n) is 11.6. The molecule has 3 aliphatic heterocycles. The van der Waals surface area contributed by atoms with Crippen molar-refractivity contribution in [1.29, 1.82) is 0 Å². The van der Waals surface area contributed by atoms with Gasteiger partial charge < -0.3 is 29.5 Å². The molecule has 11 nitrogen and oxygen atoms in total. The maximum atomic E-state index is 15.2. The number of hydrogen-bond donors (Lipinski definition) is 1. The molecule has 242 valence electrons. The highest BCUT2D eigenvalue weighted by atomic mass is 32.1. The molecule has 0 aliphatic carbocycles. The number of carbonyl (C=O) groups is 3. The Balaban J connectivity index is 1.07. The van der Waals surface area contributed by atoms with Crippen LogP contribution in [0.2, 0.25) is 0 Å². The number of esters is 1. The maximum absolute atomic E-state index is 15.2. The van der Waals surface area contributed by atoms with Crippen LogP contribution in [0.25, 0.3) is 0 Å². The van der Waals surface area contributed by atoms with Crippen molar-refractivity contribution in [2.45, 2.75) is 26.0 Å². The molecule has 3 fully saturated rings. The fraction of sp³-hybridized carbons (Fsp3) is 0.500. The third-order valence-corrected chi connectivity index (χ3v) is 8.86. The largest absolute Gasteiger partial charge is 0.452 e. The Kier molecular flexibility index (Phi) is 10.8. The molecule has 1 N–H and O–H groups in total. The number of benzene rings is 2. The number of halogens is 1. The van der Waals surface area contributed by atoms with E-state index in [1.165, 1.54) is 11.0 Å². The summed E-state index contributed by atoms with van der Waals surface area (Å²) in [7, 11) is 2.11. The Morgan fingerprint density at radius 1 is 1.04 bits per heavy atom. The van der Waals surface area contributed by atoms with Gasteiger partial charge in [-0.15, -0.1) is 0 Å². The van der Waals surface area contributed by atoms with Crippen LogP contribution in [-0.4, -0.2) is 123 Å². The van der Waals surface area contributed by atoms with Crippen LogP contribution in [-0.2, 0) is 20.8 Å². The molecular weight excluding hydrogens is 599 g/mol. The predicted octanol–water partition coefficient (Wildman–Crippen LogP) is 2.73. The standard InChI is InChI=1S/C32H41FN6O5S/c1-3-29(45)34-19-26-21-39(32(42)44-26)25-7-8-28(27(33)18-25)37-13-15-38(16-14-37)30(40)22-43-31(41)24-6-4-5-23(17-24)20-36-11-9-35(2)10-12-36/h4-8,17-18,26H,3,9-16,19-22H2,1-2H3,(H,34,45)/t26-/m0/s1. The zero-order valence-electron chi connectivity index (χ0n) is 25.9. The monoisotopic (exact) mass is 640 g/mol. The smallest absolute Gasteiger partial charge is 0.414 e. The van der Waals surface area contributed by atoms with Crippen molar-refractivity contribution in [1.82, 2.24) is 20.0 Å². The summed E-state index contributed by atoms with van der Waals surface area (Å²) in [6, 6.07) is 12.0. The van der Waals surface area contributed by atoms with E-state index in [9.17, 15) is 14.4 Å². The lowest BCUT2D eigenvalue weighted by Crippen LogP contribution is -2.50. The van der Waals surface area contributed by atoms with E-state index in [-0.39, 0.29) is 18.6 Å². The van der Waals surface area contributed by atoms with E-state index in [0.717, 1.165) is 38.3 Å². The highest BCUT2D eigenvalue weighted by molar-refractivity contribution is 7.80. The number of anilines is 2. The number of cyclic esters (lactones) is 1. The minimum absolute atomic E-state index is 0.288. The molecule has 45 heavy (non-hydrogen) atoms. The first-order valence-corrected chi connectivity index (χ1v) is 15.8. The Hall–Kier alpha value is -3.81. The summed E-state index contributed by atoms with van der Waals surface area (Å²) in [5.74, 6) is -1.28. The van der Waals surface area contributed by atoms with Gasteiger partial charge in [0.05, 0.1) is 35.0 Å². The van der Waals surface area contributed by atoms with E-state index in [1.807, 2.05) is 30.0 Å². The molecule has 0 unspecified atom stereocenters. The van der Waals surface area contributed by atoms with Crippen LogP contribution in [0, 0.1) is 5.82 Å². The summed E-state index contributed by atoms with van der Waals surface area (Å²) in [5, 5.41) is 3.07. The molecule has 1 atom stereocenters. The first kappa shape index (κ1) is 32.6. The number of nitrogens with one attached hydrogen (secondary N) is 1. The van der Waals surface area contributed by atoms with E-state index < -0.39 is 17.9 Å². The number of carbonyl (C=O) groups excluding carboxylic acids is 3. The summed E-state index contributed by atoms with van der Waals surface area (Å²) in [6.45, 7) is 8.62. The molecule has 5 rings (SSSR count). The molecule has 2 aromatic rings. The van der Waals surface area contributed by atoms with E-state index >= 15 is 4.39 Å². The zero-order chi connectivity index (χ0) is 31.9. The van der Waals surface area contributed by atoms with E-state index in [1.54, 1.807) is 23.1 Å². The Morgan fingerprint density at radius 2 is 1.80 bits per heavy atom. The number of thiocarbonyl (C=S) groups is 1. The van der Waals surface area contributed by atoms with Gasteiger partial charge in [-0.25, -0.2) is 14.0 Å². The van der Waals surface area contributed by atoms with Gasteiger partial charge in [-0.3, -0.25) is 14.6 Å². The second-order valence-corrected chi connectivity index (χ2v) is 12.1. The number of ether oxygens (including phenoxy) is 2. The minimum Gasteiger partial charge on any atom is -0.452 e. The highest BCUT2D eigenvalue weighted by Crippen LogP contribution is 2.28. The van der Waals surface area contributed by atoms with Crippen molar-refractivity contribution in [3.63, 3.8) is 0 Å². The zero-order valence-corrected chi connectivity index (χ0v) is 26.7. The maximum Gasteiger partial charge on any atom is 0.414 e. The van der Waals surface area contributed by atoms with Crippen LogP contribution in [0.3, 0.4) is 0 Å². The van der Waals surface area contributed by atoms with Crippen LogP contribution in [0.1, 0.15) is 29.3 Å². The van der Waals surface area contributed by atoms with E-state index in [4.69, 9.17) is 21.7 Å². The van der Waals surface area contributed by atoms with E-state index in [2.05, 4.69) is 22.2 Å². The van der Waals surface area contributed by atoms with Gasteiger partial charge in [-0.1, -0.05) is 31.3 Å². The number of nitrogens with zero attached hydrogens (tertiary/aromatic N) is 5. The van der Waals surface area contributed by atoms with Crippen LogP contribution >= 0.6 is 12.2 Å². The average molecular weight is 641 g/mol. The molecule has 3 saturated heterocycles. The average Bonchev–Trinajstić information content (AvgIpc) is 3.43. The van der Waals surface area contributed by atoms with Crippen LogP contribution in [0.4, 0.5) is 20.6 Å². The molecule has 3 heterocycles. The fourth-order valence-electron chi connectivity index (χ4n) is 5.67. The number of piperazine rings is 2. The van der Waals surface area contributed by atoms with Crippen LogP contribution in [0.5, 0.6) is 0 Å². The predicted molar refractivity (Wildman–Crippen MR) is 173 cm³/mol. The van der Waals surface area contributed by atoms with Crippen molar-refractivity contribution in [3.05, 3.63) is 59.4 Å². The van der Waals surface area contributed by atoms with Crippen molar-refractivity contribution >= 4 is 46.6 Å². The van der Waals surface area contributed by atoms with Crippen molar-refractivity contribution < 1.29 is 28.2 Å². The minimum atomic E-state index is -0.529. The van der Waals surface area contributed by atoms with Gasteiger partial charge in [0, 0.05) is 58.9 Å². The molecule has 0 radical (unpaired) electrons.